The molecular formula is C11H12ClNO2. The number of phenolic OH excluding ortho intramolecular Hbond substituents is 1. The molecule has 0 bridgehead atoms. The Labute approximate surface area is 93.4 Å². The molecule has 0 aliphatic rings. The number of nitrogens with one attached hydrogen (secondary N) is 1. The Kier molecular flexibility index (Phi) is 4.18. The minimum absolute atomic E-state index is 0.138. The highest BCUT2D eigenvalue weighted by Crippen LogP contribution is 2.21. The second-order valence-electron chi connectivity index (χ2n) is 3.02. The number of carbonyl (C=O) groups is 1. The summed E-state index contributed by atoms with van der Waals surface area (Å²) in [5.41, 5.74) is 0.888. The van der Waals surface area contributed by atoms with Crippen molar-refractivity contribution in [3.63, 3.8) is 0 Å². The fourth-order valence-electron chi connectivity index (χ4n) is 1.13. The van der Waals surface area contributed by atoms with Crippen LogP contribution in [0.1, 0.15) is 5.56 Å². The van der Waals surface area contributed by atoms with E-state index in [4.69, 9.17) is 16.7 Å². The minimum Gasteiger partial charge on any atom is -0.508 e. The van der Waals surface area contributed by atoms with Gasteiger partial charge in [0.05, 0.1) is 0 Å². The number of aromatic hydroxyl groups is 1. The number of carbonyl (C=O) groups excluding carboxylic acids is 1. The highest BCUT2D eigenvalue weighted by molar-refractivity contribution is 6.31. The first-order valence-corrected chi connectivity index (χ1v) is 4.89. The van der Waals surface area contributed by atoms with Crippen molar-refractivity contribution in [2.75, 3.05) is 6.54 Å². The van der Waals surface area contributed by atoms with Gasteiger partial charge >= 0.3 is 0 Å². The van der Waals surface area contributed by atoms with Crippen molar-refractivity contribution in [3.05, 3.63) is 41.4 Å². The van der Waals surface area contributed by atoms with Gasteiger partial charge in [-0.1, -0.05) is 24.2 Å². The predicted octanol–water partition coefficient (Wildman–Crippen LogP) is 1.89. The van der Waals surface area contributed by atoms with Crippen LogP contribution in [0.25, 0.3) is 0 Å². The quantitative estimate of drug-likeness (QED) is 0.769. The van der Waals surface area contributed by atoms with Crippen LogP contribution in [0.3, 0.4) is 0 Å². The van der Waals surface area contributed by atoms with Crippen LogP contribution in [0, 0.1) is 0 Å². The minimum atomic E-state index is -0.204. The van der Waals surface area contributed by atoms with E-state index < -0.39 is 0 Å². The molecule has 1 aromatic carbocycles. The number of hydrogen-bond donors (Lipinski definition) is 2. The van der Waals surface area contributed by atoms with Gasteiger partial charge in [-0.25, -0.2) is 0 Å². The zero-order valence-corrected chi connectivity index (χ0v) is 8.92. The summed E-state index contributed by atoms with van der Waals surface area (Å²) in [7, 11) is 0. The molecular weight excluding hydrogens is 214 g/mol. The van der Waals surface area contributed by atoms with Crippen LogP contribution in [0.4, 0.5) is 0 Å². The Morgan fingerprint density at radius 3 is 2.93 bits per heavy atom. The first-order valence-electron chi connectivity index (χ1n) is 4.51. The number of phenols is 1. The van der Waals surface area contributed by atoms with Crippen LogP contribution in [-0.2, 0) is 11.2 Å². The van der Waals surface area contributed by atoms with Gasteiger partial charge in [0, 0.05) is 11.6 Å². The number of amides is 1. The van der Waals surface area contributed by atoms with Gasteiger partial charge < -0.3 is 10.4 Å². The molecule has 0 heterocycles. The molecule has 0 radical (unpaired) electrons. The lowest BCUT2D eigenvalue weighted by molar-refractivity contribution is -0.116. The Morgan fingerprint density at radius 1 is 1.60 bits per heavy atom. The van der Waals surface area contributed by atoms with Crippen molar-refractivity contribution < 1.29 is 9.90 Å². The van der Waals surface area contributed by atoms with E-state index in [2.05, 4.69) is 11.9 Å². The Morgan fingerprint density at radius 2 is 2.33 bits per heavy atom. The topological polar surface area (TPSA) is 49.3 Å². The molecule has 0 atom stereocenters. The summed E-state index contributed by atoms with van der Waals surface area (Å²) in [4.78, 5) is 10.8. The van der Waals surface area contributed by atoms with Crippen molar-refractivity contribution in [2.24, 2.45) is 0 Å². The molecule has 1 aromatic rings. The van der Waals surface area contributed by atoms with Gasteiger partial charge in [-0.15, -0.1) is 0 Å². The standard InChI is InChI=1S/C11H12ClNO2/c1-2-11(15)13-6-5-8-3-4-9(14)7-10(8)12/h2-4,7,14H,1,5-6H2,(H,13,15). The predicted molar refractivity (Wildman–Crippen MR) is 60.0 cm³/mol. The zero-order valence-electron chi connectivity index (χ0n) is 8.16. The molecule has 0 aliphatic heterocycles. The fourth-order valence-corrected chi connectivity index (χ4v) is 1.40. The van der Waals surface area contributed by atoms with Gasteiger partial charge in [-0.05, 0) is 30.2 Å². The van der Waals surface area contributed by atoms with Crippen molar-refractivity contribution in [3.8, 4) is 5.75 Å². The molecule has 1 rings (SSSR count). The summed E-state index contributed by atoms with van der Waals surface area (Å²) in [6.07, 6.45) is 1.84. The van der Waals surface area contributed by atoms with E-state index in [0.717, 1.165) is 5.56 Å². The summed E-state index contributed by atoms with van der Waals surface area (Å²) in [6.45, 7) is 3.84. The first-order chi connectivity index (χ1) is 7.13. The highest BCUT2D eigenvalue weighted by atomic mass is 35.5. The van der Waals surface area contributed by atoms with Crippen LogP contribution < -0.4 is 5.32 Å². The smallest absolute Gasteiger partial charge is 0.243 e. The SMILES string of the molecule is C=CC(=O)NCCc1ccc(O)cc1Cl. The molecule has 1 amide bonds. The molecule has 0 spiro atoms. The average molecular weight is 226 g/mol. The van der Waals surface area contributed by atoms with E-state index in [-0.39, 0.29) is 11.7 Å². The number of rotatable bonds is 4. The maximum Gasteiger partial charge on any atom is 0.243 e. The third-order valence-electron chi connectivity index (χ3n) is 1.92. The maximum absolute atomic E-state index is 10.8. The van der Waals surface area contributed by atoms with Gasteiger partial charge in [-0.3, -0.25) is 4.79 Å². The van der Waals surface area contributed by atoms with Gasteiger partial charge in [0.2, 0.25) is 5.91 Å². The van der Waals surface area contributed by atoms with Crippen LogP contribution >= 0.6 is 11.6 Å². The summed E-state index contributed by atoms with van der Waals surface area (Å²) >= 11 is 5.89. The second-order valence-corrected chi connectivity index (χ2v) is 3.43. The van der Waals surface area contributed by atoms with Gasteiger partial charge in [0.15, 0.2) is 0 Å². The number of hydrogen-bond acceptors (Lipinski definition) is 2. The fraction of sp³-hybridized carbons (Fsp3) is 0.182. The Balaban J connectivity index is 2.51. The molecule has 3 nitrogen and oxygen atoms in total. The monoisotopic (exact) mass is 225 g/mol. The largest absolute Gasteiger partial charge is 0.508 e. The molecule has 15 heavy (non-hydrogen) atoms. The maximum atomic E-state index is 10.8. The van der Waals surface area contributed by atoms with Crippen molar-refractivity contribution in [1.29, 1.82) is 0 Å². The van der Waals surface area contributed by atoms with E-state index in [1.54, 1.807) is 12.1 Å². The lowest BCUT2D eigenvalue weighted by Gasteiger charge is -2.05. The van der Waals surface area contributed by atoms with E-state index >= 15 is 0 Å². The van der Waals surface area contributed by atoms with Crippen molar-refractivity contribution in [2.45, 2.75) is 6.42 Å². The van der Waals surface area contributed by atoms with Crippen LogP contribution in [0.5, 0.6) is 5.75 Å². The Hall–Kier alpha value is -1.48. The van der Waals surface area contributed by atoms with Gasteiger partial charge in [-0.2, -0.15) is 0 Å². The van der Waals surface area contributed by atoms with Gasteiger partial charge in [0.25, 0.3) is 0 Å². The number of halogens is 1. The molecule has 4 heteroatoms. The van der Waals surface area contributed by atoms with E-state index in [0.29, 0.717) is 18.0 Å². The van der Waals surface area contributed by atoms with Gasteiger partial charge in [0.1, 0.15) is 5.75 Å². The summed E-state index contributed by atoms with van der Waals surface area (Å²) in [5.74, 6) is -0.0659. The van der Waals surface area contributed by atoms with Crippen LogP contribution in [-0.4, -0.2) is 17.6 Å². The molecule has 80 valence electrons. The third kappa shape index (κ3) is 3.64. The van der Waals surface area contributed by atoms with E-state index in [9.17, 15) is 4.79 Å². The lowest BCUT2D eigenvalue weighted by atomic mass is 10.1. The van der Waals surface area contributed by atoms with Crippen molar-refractivity contribution in [1.82, 2.24) is 5.32 Å². The molecule has 0 unspecified atom stereocenters. The van der Waals surface area contributed by atoms with Crippen molar-refractivity contribution >= 4 is 17.5 Å². The summed E-state index contributed by atoms with van der Waals surface area (Å²) < 4.78 is 0. The summed E-state index contributed by atoms with van der Waals surface area (Å²) in [5, 5.41) is 12.3. The molecule has 0 saturated carbocycles. The molecule has 0 saturated heterocycles. The van der Waals surface area contributed by atoms with Crippen LogP contribution in [0.2, 0.25) is 5.02 Å². The van der Waals surface area contributed by atoms with Crippen LogP contribution in [0.15, 0.2) is 30.9 Å². The van der Waals surface area contributed by atoms with E-state index in [1.165, 1.54) is 12.1 Å². The third-order valence-corrected chi connectivity index (χ3v) is 2.27. The zero-order chi connectivity index (χ0) is 11.3. The first kappa shape index (κ1) is 11.6. The normalized spacial score (nSPS) is 9.67. The lowest BCUT2D eigenvalue weighted by Crippen LogP contribution is -2.23. The molecule has 0 aromatic heterocycles. The average Bonchev–Trinajstić information content (AvgIpc) is 2.21. The number of benzene rings is 1. The molecule has 0 fully saturated rings. The second kappa shape index (κ2) is 5.41. The molecule has 2 N–H and O–H groups in total. The highest BCUT2D eigenvalue weighted by Gasteiger charge is 2.01. The summed E-state index contributed by atoms with van der Waals surface area (Å²) in [6, 6.07) is 4.78. The van der Waals surface area contributed by atoms with E-state index in [1.807, 2.05) is 0 Å². The molecule has 0 aliphatic carbocycles. The Bertz CT molecular complexity index is 377.